The summed E-state index contributed by atoms with van der Waals surface area (Å²) >= 11 is 14.4. The maximum Gasteiger partial charge on any atom is 0.180 e. The average molecular weight is 316 g/mol. The maximum absolute atomic E-state index is 5.32. The lowest BCUT2D eigenvalue weighted by Gasteiger charge is -2.35. The molecule has 0 atom stereocenters. The molecule has 18 heavy (non-hydrogen) atoms. The predicted molar refractivity (Wildman–Crippen MR) is 79.2 cm³/mol. The molecule has 0 aliphatic heterocycles. The van der Waals surface area contributed by atoms with E-state index >= 15 is 0 Å². The van der Waals surface area contributed by atoms with Gasteiger partial charge in [0.1, 0.15) is 0 Å². The Kier molecular flexibility index (Phi) is 10.8. The first kappa shape index (κ1) is 17.9. The first-order valence-corrected chi connectivity index (χ1v) is 7.24. The van der Waals surface area contributed by atoms with Crippen LogP contribution in [-0.2, 0) is 9.47 Å². The van der Waals surface area contributed by atoms with E-state index in [4.69, 9.17) is 44.3 Å². The van der Waals surface area contributed by atoms with Crippen LogP contribution in [-0.4, -0.2) is 17.5 Å². The summed E-state index contributed by atoms with van der Waals surface area (Å²) in [5.41, 5.74) is 0.195. The zero-order valence-electron chi connectivity index (χ0n) is 10.5. The first-order valence-electron chi connectivity index (χ1n) is 5.93. The van der Waals surface area contributed by atoms with E-state index in [9.17, 15) is 0 Å². The summed E-state index contributed by atoms with van der Waals surface area (Å²) < 4.78 is 9.90. The molecule has 0 aromatic carbocycles. The lowest BCUT2D eigenvalue weighted by Crippen LogP contribution is -2.33. The van der Waals surface area contributed by atoms with Crippen molar-refractivity contribution >= 4 is 34.8 Å². The van der Waals surface area contributed by atoms with E-state index in [1.54, 1.807) is 0 Å². The second kappa shape index (κ2) is 10.8. The second-order valence-electron chi connectivity index (χ2n) is 4.26. The molecule has 0 aromatic rings. The zero-order chi connectivity index (χ0) is 13.9. The van der Waals surface area contributed by atoms with Gasteiger partial charge in [0.05, 0.1) is 25.7 Å². The van der Waals surface area contributed by atoms with Gasteiger partial charge in [-0.25, -0.2) is 0 Å². The highest BCUT2D eigenvalue weighted by molar-refractivity contribution is 6.63. The van der Waals surface area contributed by atoms with Crippen molar-refractivity contribution in [2.24, 2.45) is 5.41 Å². The third-order valence-electron chi connectivity index (χ3n) is 2.93. The van der Waals surface area contributed by atoms with Gasteiger partial charge in [-0.05, 0) is 12.8 Å². The molecule has 0 unspecified atom stereocenters. The zero-order valence-corrected chi connectivity index (χ0v) is 12.8. The summed E-state index contributed by atoms with van der Waals surface area (Å²) in [6.07, 6.45) is 9.31. The van der Waals surface area contributed by atoms with Crippen LogP contribution in [0.3, 0.4) is 0 Å². The number of alkyl halides is 3. The first-order chi connectivity index (χ1) is 8.56. The van der Waals surface area contributed by atoms with Crippen molar-refractivity contribution in [3.8, 4) is 0 Å². The summed E-state index contributed by atoms with van der Waals surface area (Å²) in [6, 6.07) is 0. The maximum atomic E-state index is 5.32. The highest BCUT2D eigenvalue weighted by atomic mass is 35.6. The van der Waals surface area contributed by atoms with Crippen LogP contribution in [0.15, 0.2) is 25.7 Å². The van der Waals surface area contributed by atoms with Crippen molar-refractivity contribution < 1.29 is 9.47 Å². The van der Waals surface area contributed by atoms with E-state index in [1.165, 1.54) is 44.6 Å². The molecule has 106 valence electrons. The summed E-state index contributed by atoms with van der Waals surface area (Å²) in [5.74, 6) is 0. The minimum absolute atomic E-state index is 0.195. The molecule has 0 amide bonds. The van der Waals surface area contributed by atoms with Crippen LogP contribution in [0.4, 0.5) is 0 Å². The van der Waals surface area contributed by atoms with Crippen LogP contribution in [0.25, 0.3) is 0 Å². The van der Waals surface area contributed by atoms with Gasteiger partial charge in [0.15, 0.2) is 4.30 Å². The topological polar surface area (TPSA) is 18.5 Å². The van der Waals surface area contributed by atoms with Gasteiger partial charge in [-0.2, -0.15) is 0 Å². The fraction of sp³-hybridized carbons (Fsp3) is 0.692. The fourth-order valence-electron chi connectivity index (χ4n) is 2.10. The molecule has 0 heterocycles. The van der Waals surface area contributed by atoms with Gasteiger partial charge in [0, 0.05) is 5.41 Å². The molecular weight excluding hydrogens is 294 g/mol. The van der Waals surface area contributed by atoms with E-state index in [0.717, 1.165) is 13.2 Å². The number of hydrogen-bond acceptors (Lipinski definition) is 2. The minimum atomic E-state index is -0.750. The van der Waals surface area contributed by atoms with E-state index in [-0.39, 0.29) is 5.41 Å². The van der Waals surface area contributed by atoms with Gasteiger partial charge in [-0.3, -0.25) is 0 Å². The van der Waals surface area contributed by atoms with Crippen LogP contribution >= 0.6 is 34.8 Å². The van der Waals surface area contributed by atoms with E-state index in [0.29, 0.717) is 0 Å². The molecule has 1 aliphatic rings. The van der Waals surface area contributed by atoms with Gasteiger partial charge < -0.3 is 9.47 Å². The van der Waals surface area contributed by atoms with Crippen LogP contribution in [0.1, 0.15) is 32.1 Å². The van der Waals surface area contributed by atoms with Crippen LogP contribution in [0.5, 0.6) is 0 Å². The van der Waals surface area contributed by atoms with Gasteiger partial charge in [0.2, 0.25) is 0 Å². The predicted octanol–water partition coefficient (Wildman–Crippen LogP) is 5.24. The molecular formula is C13H21Cl3O2. The molecule has 1 aliphatic carbocycles. The number of halogens is 3. The molecule has 0 aromatic heterocycles. The third-order valence-corrected chi connectivity index (χ3v) is 2.93. The van der Waals surface area contributed by atoms with Crippen molar-refractivity contribution in [1.29, 1.82) is 0 Å². The number of hydrogen-bond donors (Lipinski definition) is 0. The third kappa shape index (κ3) is 8.96. The van der Waals surface area contributed by atoms with Gasteiger partial charge >= 0.3 is 0 Å². The Bertz CT molecular complexity index is 210. The molecule has 2 nitrogen and oxygen atoms in total. The van der Waals surface area contributed by atoms with E-state index < -0.39 is 4.30 Å². The largest absolute Gasteiger partial charge is 0.501 e. The standard InChI is InChI=1S/C12H20O2.CHCl3/c1-3-13-10-12(11-14-4-2)8-6-5-7-9-12;2-1(3)4/h3-4H,1-2,5-11H2;1H. The molecule has 1 fully saturated rings. The monoisotopic (exact) mass is 314 g/mol. The summed E-state index contributed by atoms with van der Waals surface area (Å²) in [7, 11) is 0. The lowest BCUT2D eigenvalue weighted by atomic mass is 9.75. The highest BCUT2D eigenvalue weighted by Crippen LogP contribution is 2.36. The average Bonchev–Trinajstić information content (AvgIpc) is 2.35. The Morgan fingerprint density at radius 3 is 1.67 bits per heavy atom. The molecule has 0 spiro atoms. The quantitative estimate of drug-likeness (QED) is 0.493. The van der Waals surface area contributed by atoms with Crippen molar-refractivity contribution in [1.82, 2.24) is 0 Å². The van der Waals surface area contributed by atoms with Crippen LogP contribution in [0, 0.1) is 5.41 Å². The number of rotatable bonds is 6. The highest BCUT2D eigenvalue weighted by Gasteiger charge is 2.33. The molecule has 0 saturated heterocycles. The summed E-state index contributed by atoms with van der Waals surface area (Å²) in [6.45, 7) is 8.60. The van der Waals surface area contributed by atoms with Gasteiger partial charge in [0.25, 0.3) is 0 Å². The smallest absolute Gasteiger partial charge is 0.180 e. The van der Waals surface area contributed by atoms with Crippen LogP contribution in [0.2, 0.25) is 0 Å². The van der Waals surface area contributed by atoms with Gasteiger partial charge in [-0.15, -0.1) is 0 Å². The normalized spacial score (nSPS) is 17.3. The van der Waals surface area contributed by atoms with Crippen molar-refractivity contribution in [3.05, 3.63) is 25.7 Å². The fourth-order valence-corrected chi connectivity index (χ4v) is 2.10. The Hall–Kier alpha value is -0.0500. The van der Waals surface area contributed by atoms with Crippen molar-refractivity contribution in [3.63, 3.8) is 0 Å². The Balaban J connectivity index is 0.000000631. The Morgan fingerprint density at radius 2 is 1.33 bits per heavy atom. The van der Waals surface area contributed by atoms with E-state index in [1.807, 2.05) is 0 Å². The molecule has 5 heteroatoms. The Morgan fingerprint density at radius 1 is 0.944 bits per heavy atom. The van der Waals surface area contributed by atoms with Crippen LogP contribution < -0.4 is 0 Å². The SMILES string of the molecule is C=COCC1(COC=C)CCCCC1.ClC(Cl)Cl. The van der Waals surface area contributed by atoms with Gasteiger partial charge in [-0.1, -0.05) is 67.2 Å². The molecule has 0 N–H and O–H groups in total. The molecule has 1 rings (SSSR count). The van der Waals surface area contributed by atoms with Crippen molar-refractivity contribution in [2.45, 2.75) is 36.4 Å². The minimum Gasteiger partial charge on any atom is -0.501 e. The lowest BCUT2D eigenvalue weighted by molar-refractivity contribution is 0.0107. The van der Waals surface area contributed by atoms with E-state index in [2.05, 4.69) is 13.2 Å². The summed E-state index contributed by atoms with van der Waals surface area (Å²) in [5, 5.41) is 0. The van der Waals surface area contributed by atoms with Crippen molar-refractivity contribution in [2.75, 3.05) is 13.2 Å². The molecule has 0 bridgehead atoms. The summed E-state index contributed by atoms with van der Waals surface area (Å²) in [4.78, 5) is 0. The molecule has 0 radical (unpaired) electrons. The molecule has 1 saturated carbocycles. The number of ether oxygens (including phenoxy) is 2. The Labute approximate surface area is 125 Å². The second-order valence-corrected chi connectivity index (χ2v) is 6.24.